The molecule has 0 bridgehead atoms. The van der Waals surface area contributed by atoms with E-state index < -0.39 is 5.91 Å². The Morgan fingerprint density at radius 3 is 2.83 bits per heavy atom. The van der Waals surface area contributed by atoms with Crippen LogP contribution in [0.4, 0.5) is 11.5 Å². The van der Waals surface area contributed by atoms with Gasteiger partial charge in [0.05, 0.1) is 23.5 Å². The fourth-order valence-corrected chi connectivity index (χ4v) is 2.08. The van der Waals surface area contributed by atoms with Crippen LogP contribution >= 0.6 is 0 Å². The summed E-state index contributed by atoms with van der Waals surface area (Å²) in [6.07, 6.45) is 4.75. The molecular weight excluding hydrogens is 304 g/mol. The van der Waals surface area contributed by atoms with Crippen molar-refractivity contribution in [2.45, 2.75) is 0 Å². The van der Waals surface area contributed by atoms with Crippen molar-refractivity contribution >= 4 is 17.4 Å². The van der Waals surface area contributed by atoms with Gasteiger partial charge in [0.2, 0.25) is 0 Å². The van der Waals surface area contributed by atoms with E-state index in [2.05, 4.69) is 20.3 Å². The number of pyridine rings is 1. The van der Waals surface area contributed by atoms with E-state index in [1.165, 1.54) is 6.20 Å². The summed E-state index contributed by atoms with van der Waals surface area (Å²) in [6, 6.07) is 12.1. The Hall–Kier alpha value is -3.79. The van der Waals surface area contributed by atoms with Crippen LogP contribution in [0.1, 0.15) is 16.1 Å². The minimum absolute atomic E-state index is 0.0127. The molecule has 0 saturated heterocycles. The molecule has 3 rings (SSSR count). The van der Waals surface area contributed by atoms with Crippen LogP contribution in [0.5, 0.6) is 0 Å². The molecule has 1 amide bonds. The van der Waals surface area contributed by atoms with Crippen molar-refractivity contribution in [3.63, 3.8) is 0 Å². The number of nitriles is 1. The van der Waals surface area contributed by atoms with Gasteiger partial charge in [-0.05, 0) is 30.3 Å². The number of nitrogens with one attached hydrogen (secondary N) is 1. The highest BCUT2D eigenvalue weighted by Crippen LogP contribution is 2.18. The molecule has 0 spiro atoms. The number of rotatable bonds is 3. The number of carbonyl (C=O) groups excluding carboxylic acids is 1. The first-order valence-electron chi connectivity index (χ1n) is 7.02. The van der Waals surface area contributed by atoms with Crippen molar-refractivity contribution < 1.29 is 4.79 Å². The molecule has 3 N–H and O–H groups in total. The van der Waals surface area contributed by atoms with E-state index in [1.54, 1.807) is 42.7 Å². The Labute approximate surface area is 137 Å². The highest BCUT2D eigenvalue weighted by atomic mass is 16.1. The van der Waals surface area contributed by atoms with Gasteiger partial charge in [-0.2, -0.15) is 5.26 Å². The first-order valence-corrected chi connectivity index (χ1v) is 7.02. The zero-order valence-electron chi connectivity index (χ0n) is 12.5. The summed E-state index contributed by atoms with van der Waals surface area (Å²) in [5.41, 5.74) is 7.93. The van der Waals surface area contributed by atoms with Crippen molar-refractivity contribution in [3.05, 3.63) is 66.2 Å². The maximum atomic E-state index is 12.4. The lowest BCUT2D eigenvalue weighted by atomic mass is 10.2. The highest BCUT2D eigenvalue weighted by molar-refractivity contribution is 6.06. The van der Waals surface area contributed by atoms with Gasteiger partial charge < -0.3 is 11.1 Å². The van der Waals surface area contributed by atoms with E-state index in [0.717, 1.165) is 5.56 Å². The van der Waals surface area contributed by atoms with Gasteiger partial charge in [-0.3, -0.25) is 9.78 Å². The minimum atomic E-state index is -0.499. The van der Waals surface area contributed by atoms with E-state index in [0.29, 0.717) is 16.9 Å². The third-order valence-electron chi connectivity index (χ3n) is 3.22. The number of hydrogen-bond acceptors (Lipinski definition) is 6. The standard InChI is InChI=1S/C17H12N6O/c18-8-11-3-1-5-13(7-11)22-17(24)15-16(19)21-10-14(23-15)12-4-2-6-20-9-12/h1-7,9-10H,(H2,19,21)(H,22,24). The van der Waals surface area contributed by atoms with Gasteiger partial charge >= 0.3 is 0 Å². The smallest absolute Gasteiger partial charge is 0.278 e. The maximum Gasteiger partial charge on any atom is 0.278 e. The monoisotopic (exact) mass is 316 g/mol. The van der Waals surface area contributed by atoms with Gasteiger partial charge in [0, 0.05) is 23.6 Å². The van der Waals surface area contributed by atoms with Gasteiger partial charge in [-0.15, -0.1) is 0 Å². The minimum Gasteiger partial charge on any atom is -0.382 e. The van der Waals surface area contributed by atoms with E-state index in [-0.39, 0.29) is 11.5 Å². The molecule has 3 aromatic rings. The van der Waals surface area contributed by atoms with Crippen LogP contribution in [-0.4, -0.2) is 20.9 Å². The zero-order chi connectivity index (χ0) is 16.9. The molecule has 116 valence electrons. The number of nitrogen functional groups attached to an aromatic ring is 1. The number of benzene rings is 1. The molecule has 0 unspecified atom stereocenters. The first kappa shape index (κ1) is 15.1. The molecule has 0 atom stereocenters. The number of nitrogens with two attached hydrogens (primary N) is 1. The summed E-state index contributed by atoms with van der Waals surface area (Å²) in [6.45, 7) is 0. The summed E-state index contributed by atoms with van der Waals surface area (Å²) >= 11 is 0. The molecule has 1 aromatic carbocycles. The number of hydrogen-bond donors (Lipinski definition) is 2. The topological polar surface area (TPSA) is 118 Å². The SMILES string of the molecule is N#Cc1cccc(NC(=O)c2nc(-c3cccnc3)cnc2N)c1. The second kappa shape index (κ2) is 6.54. The molecule has 0 aliphatic rings. The predicted octanol–water partition coefficient (Wildman–Crippen LogP) is 2.24. The van der Waals surface area contributed by atoms with E-state index in [4.69, 9.17) is 11.0 Å². The van der Waals surface area contributed by atoms with Gasteiger partial charge in [0.25, 0.3) is 5.91 Å². The second-order valence-electron chi connectivity index (χ2n) is 4.88. The van der Waals surface area contributed by atoms with Crippen LogP contribution in [0.3, 0.4) is 0 Å². The van der Waals surface area contributed by atoms with Crippen molar-refractivity contribution in [2.24, 2.45) is 0 Å². The van der Waals surface area contributed by atoms with Crippen molar-refractivity contribution in [1.29, 1.82) is 5.26 Å². The Balaban J connectivity index is 1.91. The summed E-state index contributed by atoms with van der Waals surface area (Å²) in [7, 11) is 0. The molecule has 24 heavy (non-hydrogen) atoms. The number of nitrogens with zero attached hydrogens (tertiary/aromatic N) is 4. The largest absolute Gasteiger partial charge is 0.382 e. The Kier molecular flexibility index (Phi) is 4.12. The fourth-order valence-electron chi connectivity index (χ4n) is 2.08. The molecule has 7 nitrogen and oxygen atoms in total. The van der Waals surface area contributed by atoms with E-state index >= 15 is 0 Å². The second-order valence-corrected chi connectivity index (χ2v) is 4.88. The van der Waals surface area contributed by atoms with E-state index in [9.17, 15) is 4.79 Å². The Morgan fingerprint density at radius 2 is 2.08 bits per heavy atom. The number of aromatic nitrogens is 3. The van der Waals surface area contributed by atoms with Gasteiger partial charge in [-0.25, -0.2) is 9.97 Å². The molecule has 7 heteroatoms. The lowest BCUT2D eigenvalue weighted by molar-refractivity contribution is 0.102. The average Bonchev–Trinajstić information content (AvgIpc) is 2.63. The molecule has 0 radical (unpaired) electrons. The van der Waals surface area contributed by atoms with Crippen LogP contribution in [-0.2, 0) is 0 Å². The molecular formula is C17H12N6O. The zero-order valence-corrected chi connectivity index (χ0v) is 12.5. The molecule has 2 heterocycles. The van der Waals surface area contributed by atoms with Crippen LogP contribution in [0.25, 0.3) is 11.3 Å². The van der Waals surface area contributed by atoms with Crippen molar-refractivity contribution in [2.75, 3.05) is 11.1 Å². The van der Waals surface area contributed by atoms with Gasteiger partial charge in [-0.1, -0.05) is 6.07 Å². The van der Waals surface area contributed by atoms with Crippen LogP contribution in [0.2, 0.25) is 0 Å². The van der Waals surface area contributed by atoms with Crippen LogP contribution in [0.15, 0.2) is 55.0 Å². The normalized spacial score (nSPS) is 9.96. The van der Waals surface area contributed by atoms with Crippen molar-refractivity contribution in [1.82, 2.24) is 15.0 Å². The molecule has 0 saturated carbocycles. The lowest BCUT2D eigenvalue weighted by Crippen LogP contribution is -2.17. The Bertz CT molecular complexity index is 933. The highest BCUT2D eigenvalue weighted by Gasteiger charge is 2.15. The summed E-state index contributed by atoms with van der Waals surface area (Å²) < 4.78 is 0. The third-order valence-corrected chi connectivity index (χ3v) is 3.22. The lowest BCUT2D eigenvalue weighted by Gasteiger charge is -2.08. The predicted molar refractivity (Wildman–Crippen MR) is 88.8 cm³/mol. The summed E-state index contributed by atoms with van der Waals surface area (Å²) in [5.74, 6) is -0.475. The van der Waals surface area contributed by atoms with Gasteiger partial charge in [0.15, 0.2) is 11.5 Å². The number of amides is 1. The summed E-state index contributed by atoms with van der Waals surface area (Å²) in [4.78, 5) is 24.7. The van der Waals surface area contributed by atoms with Gasteiger partial charge in [0.1, 0.15) is 0 Å². The molecule has 2 aromatic heterocycles. The van der Waals surface area contributed by atoms with E-state index in [1.807, 2.05) is 12.1 Å². The molecule has 0 aliphatic heterocycles. The fraction of sp³-hybridized carbons (Fsp3) is 0. The maximum absolute atomic E-state index is 12.4. The molecule has 0 fully saturated rings. The quantitative estimate of drug-likeness (QED) is 0.765. The summed E-state index contributed by atoms with van der Waals surface area (Å²) in [5, 5.41) is 11.6. The average molecular weight is 316 g/mol. The number of carbonyl (C=O) groups is 1. The van der Waals surface area contributed by atoms with Crippen LogP contribution < -0.4 is 11.1 Å². The first-order chi connectivity index (χ1) is 11.7. The Morgan fingerprint density at radius 1 is 1.21 bits per heavy atom. The van der Waals surface area contributed by atoms with Crippen molar-refractivity contribution in [3.8, 4) is 17.3 Å². The third kappa shape index (κ3) is 3.18. The molecule has 0 aliphatic carbocycles. The number of anilines is 2. The van der Waals surface area contributed by atoms with Crippen LogP contribution in [0, 0.1) is 11.3 Å².